The van der Waals surface area contributed by atoms with E-state index in [4.69, 9.17) is 4.74 Å². The third-order valence-corrected chi connectivity index (χ3v) is 4.93. The fourth-order valence-corrected chi connectivity index (χ4v) is 3.51. The van der Waals surface area contributed by atoms with Gasteiger partial charge in [-0.05, 0) is 46.8 Å². The normalized spacial score (nSPS) is 12.1. The number of benzene rings is 1. The highest BCUT2D eigenvalue weighted by Crippen LogP contribution is 2.22. The molecule has 0 spiro atoms. The predicted octanol–water partition coefficient (Wildman–Crippen LogP) is 2.91. The second-order valence-electron chi connectivity index (χ2n) is 6.73. The van der Waals surface area contributed by atoms with Crippen LogP contribution in [0.15, 0.2) is 24.3 Å². The van der Waals surface area contributed by atoms with Crippen LogP contribution in [0.1, 0.15) is 53.0 Å². The van der Waals surface area contributed by atoms with E-state index in [0.717, 1.165) is 29.2 Å². The molecule has 8 heteroatoms. The molecule has 1 N–H and O–H groups in total. The fourth-order valence-electron chi connectivity index (χ4n) is 3.51. The number of ether oxygens (including phenoxy) is 1. The number of carbonyl (C=O) groups excluding carboxylic acids is 1. The van der Waals surface area contributed by atoms with Gasteiger partial charge in [-0.2, -0.15) is 5.10 Å². The molecule has 1 aromatic carbocycles. The largest absolute Gasteiger partial charge is 0.497 e. The first-order valence-corrected chi connectivity index (χ1v) is 9.28. The van der Waals surface area contributed by atoms with Gasteiger partial charge in [0.05, 0.1) is 30.2 Å². The van der Waals surface area contributed by atoms with Crippen molar-refractivity contribution in [2.45, 2.75) is 47.2 Å². The maximum absolute atomic E-state index is 12.8. The first-order valence-electron chi connectivity index (χ1n) is 9.28. The van der Waals surface area contributed by atoms with Crippen LogP contribution in [0.2, 0.25) is 0 Å². The first kappa shape index (κ1) is 19.6. The molecule has 0 saturated carbocycles. The van der Waals surface area contributed by atoms with Gasteiger partial charge in [-0.1, -0.05) is 11.3 Å². The fraction of sp³-hybridized carbons (Fsp3) is 0.400. The second kappa shape index (κ2) is 7.84. The smallest absolute Gasteiger partial charge is 0.274 e. The lowest BCUT2D eigenvalue weighted by molar-refractivity contribution is 0.0934. The van der Waals surface area contributed by atoms with E-state index in [-0.39, 0.29) is 11.9 Å². The van der Waals surface area contributed by atoms with E-state index in [0.29, 0.717) is 17.1 Å². The van der Waals surface area contributed by atoms with Crippen LogP contribution < -0.4 is 10.1 Å². The molecule has 3 aromatic rings. The molecule has 0 fully saturated rings. The molecule has 1 amide bonds. The Balaban J connectivity index is 1.84. The van der Waals surface area contributed by atoms with Crippen LogP contribution in [-0.4, -0.2) is 37.8 Å². The molecule has 2 aromatic heterocycles. The van der Waals surface area contributed by atoms with Crippen molar-refractivity contribution in [3.8, 4) is 11.4 Å². The van der Waals surface area contributed by atoms with Crippen molar-refractivity contribution < 1.29 is 9.53 Å². The Labute approximate surface area is 164 Å². The van der Waals surface area contributed by atoms with Crippen LogP contribution in [0.25, 0.3) is 5.69 Å². The van der Waals surface area contributed by atoms with E-state index in [9.17, 15) is 4.79 Å². The molecule has 28 heavy (non-hydrogen) atoms. The minimum absolute atomic E-state index is 0.186. The molecule has 0 unspecified atom stereocenters. The SMILES string of the molecule is CCn1nc(C)c([C@H](C)NC(=O)c2nnn(-c3cccc(OC)c3)c2C)c1C. The van der Waals surface area contributed by atoms with E-state index < -0.39 is 0 Å². The summed E-state index contributed by atoms with van der Waals surface area (Å²) in [4.78, 5) is 12.8. The predicted molar refractivity (Wildman–Crippen MR) is 106 cm³/mol. The number of hydrogen-bond donors (Lipinski definition) is 1. The third-order valence-electron chi connectivity index (χ3n) is 4.93. The molecule has 0 aliphatic rings. The molecule has 0 aliphatic carbocycles. The lowest BCUT2D eigenvalue weighted by Crippen LogP contribution is -2.28. The van der Waals surface area contributed by atoms with Gasteiger partial charge in [0, 0.05) is 23.9 Å². The summed E-state index contributed by atoms with van der Waals surface area (Å²) >= 11 is 0. The summed E-state index contributed by atoms with van der Waals surface area (Å²) in [7, 11) is 1.61. The molecule has 0 bridgehead atoms. The molecular formula is C20H26N6O2. The van der Waals surface area contributed by atoms with E-state index in [1.165, 1.54) is 0 Å². The van der Waals surface area contributed by atoms with Gasteiger partial charge < -0.3 is 10.1 Å². The van der Waals surface area contributed by atoms with Crippen LogP contribution in [-0.2, 0) is 6.54 Å². The number of nitrogens with zero attached hydrogens (tertiary/aromatic N) is 5. The Morgan fingerprint density at radius 3 is 2.64 bits per heavy atom. The number of aromatic nitrogens is 5. The van der Waals surface area contributed by atoms with Gasteiger partial charge in [-0.15, -0.1) is 5.10 Å². The van der Waals surface area contributed by atoms with Crippen molar-refractivity contribution in [1.29, 1.82) is 0 Å². The topological polar surface area (TPSA) is 86.9 Å². The second-order valence-corrected chi connectivity index (χ2v) is 6.73. The summed E-state index contributed by atoms with van der Waals surface area (Å²) in [5.74, 6) is 0.452. The van der Waals surface area contributed by atoms with E-state index in [1.54, 1.807) is 11.8 Å². The number of amides is 1. The zero-order chi connectivity index (χ0) is 20.4. The maximum Gasteiger partial charge on any atom is 0.274 e. The number of rotatable bonds is 6. The Morgan fingerprint density at radius 2 is 2.00 bits per heavy atom. The van der Waals surface area contributed by atoms with Gasteiger partial charge in [-0.25, -0.2) is 4.68 Å². The molecule has 8 nitrogen and oxygen atoms in total. The number of nitrogens with one attached hydrogen (secondary N) is 1. The molecule has 148 valence electrons. The van der Waals surface area contributed by atoms with Gasteiger partial charge in [0.1, 0.15) is 5.75 Å². The lowest BCUT2D eigenvalue weighted by Gasteiger charge is -2.14. The molecule has 2 heterocycles. The third kappa shape index (κ3) is 3.49. The van der Waals surface area contributed by atoms with Gasteiger partial charge in [-0.3, -0.25) is 9.48 Å². The lowest BCUT2D eigenvalue weighted by atomic mass is 10.1. The van der Waals surface area contributed by atoms with Crippen molar-refractivity contribution in [1.82, 2.24) is 30.1 Å². The monoisotopic (exact) mass is 382 g/mol. The molecular weight excluding hydrogens is 356 g/mol. The van der Waals surface area contributed by atoms with Crippen molar-refractivity contribution in [3.05, 3.63) is 52.6 Å². The summed E-state index contributed by atoms with van der Waals surface area (Å²) in [6.45, 7) is 10.6. The average Bonchev–Trinajstić information content (AvgIpc) is 3.20. The number of hydrogen-bond acceptors (Lipinski definition) is 5. The van der Waals surface area contributed by atoms with Crippen molar-refractivity contribution >= 4 is 5.91 Å². The van der Waals surface area contributed by atoms with Crippen LogP contribution in [0.5, 0.6) is 5.75 Å². The highest BCUT2D eigenvalue weighted by Gasteiger charge is 2.23. The van der Waals surface area contributed by atoms with Crippen molar-refractivity contribution in [2.75, 3.05) is 7.11 Å². The maximum atomic E-state index is 12.8. The molecule has 0 saturated heterocycles. The Bertz CT molecular complexity index is 1000. The van der Waals surface area contributed by atoms with Crippen molar-refractivity contribution in [2.24, 2.45) is 0 Å². The number of aryl methyl sites for hydroxylation is 2. The van der Waals surface area contributed by atoms with E-state index in [2.05, 4.69) is 20.7 Å². The van der Waals surface area contributed by atoms with Gasteiger partial charge in [0.2, 0.25) is 0 Å². The van der Waals surface area contributed by atoms with Crippen LogP contribution in [0.3, 0.4) is 0 Å². The van der Waals surface area contributed by atoms with E-state index in [1.807, 2.05) is 63.6 Å². The minimum Gasteiger partial charge on any atom is -0.497 e. The Kier molecular flexibility index (Phi) is 5.48. The van der Waals surface area contributed by atoms with Gasteiger partial charge in [0.25, 0.3) is 5.91 Å². The molecule has 0 radical (unpaired) electrons. The number of methoxy groups -OCH3 is 1. The molecule has 1 atom stereocenters. The van der Waals surface area contributed by atoms with Gasteiger partial charge in [0.15, 0.2) is 5.69 Å². The summed E-state index contributed by atoms with van der Waals surface area (Å²) in [5, 5.41) is 15.8. The van der Waals surface area contributed by atoms with Crippen LogP contribution in [0, 0.1) is 20.8 Å². The minimum atomic E-state index is -0.262. The quantitative estimate of drug-likeness (QED) is 0.708. The van der Waals surface area contributed by atoms with Crippen LogP contribution >= 0.6 is 0 Å². The highest BCUT2D eigenvalue weighted by molar-refractivity contribution is 5.93. The zero-order valence-corrected chi connectivity index (χ0v) is 17.1. The Morgan fingerprint density at radius 1 is 1.25 bits per heavy atom. The summed E-state index contributed by atoms with van der Waals surface area (Å²) in [6, 6.07) is 7.27. The van der Waals surface area contributed by atoms with Crippen LogP contribution in [0.4, 0.5) is 0 Å². The molecule has 3 rings (SSSR count). The van der Waals surface area contributed by atoms with E-state index >= 15 is 0 Å². The molecule has 0 aliphatic heterocycles. The number of carbonyl (C=O) groups is 1. The standard InChI is InChI=1S/C20H26N6O2/c1-7-25-14(4)18(13(3)23-25)12(2)21-20(27)19-15(5)26(24-22-19)16-9-8-10-17(11-16)28-6/h8-12H,7H2,1-6H3,(H,21,27)/t12-/m0/s1. The van der Waals surface area contributed by atoms with Gasteiger partial charge >= 0.3 is 0 Å². The first-order chi connectivity index (χ1) is 13.4. The highest BCUT2D eigenvalue weighted by atomic mass is 16.5. The summed E-state index contributed by atoms with van der Waals surface area (Å²) in [5.41, 5.74) is 4.76. The summed E-state index contributed by atoms with van der Waals surface area (Å²) < 4.78 is 8.83. The zero-order valence-electron chi connectivity index (χ0n) is 17.1. The average molecular weight is 382 g/mol. The summed E-state index contributed by atoms with van der Waals surface area (Å²) in [6.07, 6.45) is 0. The van der Waals surface area contributed by atoms with Crippen molar-refractivity contribution in [3.63, 3.8) is 0 Å². The Hall–Kier alpha value is -3.16.